The lowest BCUT2D eigenvalue weighted by Gasteiger charge is -2.34. The van der Waals surface area contributed by atoms with Gasteiger partial charge >= 0.3 is 11.9 Å². The van der Waals surface area contributed by atoms with Crippen LogP contribution in [0.1, 0.15) is 149 Å². The average molecular weight is 1370 g/mol. The number of amides is 9. The van der Waals surface area contributed by atoms with E-state index in [1.165, 1.54) is 13.2 Å². The maximum atomic E-state index is 14.2. The molecule has 3 aliphatic rings. The summed E-state index contributed by atoms with van der Waals surface area (Å²) in [6.45, 7) is 17.1. The molecule has 2 aromatic rings. The van der Waals surface area contributed by atoms with Gasteiger partial charge in [-0.05, 0) is 99.6 Å². The molecule has 3 aliphatic heterocycles. The van der Waals surface area contributed by atoms with Crippen LogP contribution in [-0.4, -0.2) is 180 Å². The molecule has 9 atom stereocenters. The fourth-order valence-corrected chi connectivity index (χ4v) is 10.7. The number of nitrogens with one attached hydrogen (secondary N) is 7. The number of rotatable bonds is 37. The Labute approximate surface area is 567 Å². The van der Waals surface area contributed by atoms with E-state index in [1.807, 2.05) is 45.0 Å². The second-order valence-corrected chi connectivity index (χ2v) is 25.9. The molecule has 3 heterocycles. The SMILES string of the molecule is COCCOCCOCCOCCC(=O)NCCCC[C@H](NC(=O)[C@@H](NC(=O)CCCC(=O)ON1C(=O)CCC1=O)C(C)C)C(=O)NCc1ccc([C@H]2O[C@@H]2[C@@H](C)[C@@H]2C/C=C/C(=O)N[C@H](Cc3ccc(OC)c(Cl)c3)C(=O)N[C@@H](C)C(C)(C)C(=O)N[C@@H](CC(C)C)C(=O)O2)cc1. The molecule has 5 rings (SSSR count). The van der Waals surface area contributed by atoms with Crippen molar-refractivity contribution < 1.29 is 90.7 Å². The van der Waals surface area contributed by atoms with Crippen LogP contribution in [0.4, 0.5) is 0 Å². The van der Waals surface area contributed by atoms with Gasteiger partial charge in [-0.3, -0.25) is 43.2 Å². The first-order valence-corrected chi connectivity index (χ1v) is 33.4. The van der Waals surface area contributed by atoms with Gasteiger partial charge in [0.15, 0.2) is 0 Å². The Morgan fingerprint density at radius 1 is 0.729 bits per heavy atom. The highest BCUT2D eigenvalue weighted by molar-refractivity contribution is 6.32. The fraction of sp³-hybridized carbons (Fsp3) is 0.632. The number of hydrogen-bond acceptors (Lipinski definition) is 19. The maximum Gasteiger partial charge on any atom is 0.333 e. The van der Waals surface area contributed by atoms with Crippen molar-refractivity contribution in [1.29, 1.82) is 0 Å². The number of nitrogens with zero attached hydrogens (tertiary/aromatic N) is 1. The molecule has 2 aromatic carbocycles. The number of benzene rings is 2. The van der Waals surface area contributed by atoms with Crippen LogP contribution in [0.3, 0.4) is 0 Å². The Morgan fingerprint density at radius 2 is 1.39 bits per heavy atom. The standard InChI is InChI=1S/C68H99ClN8O19/c1-41(2)37-51-66(87)94-52(16-13-17-55(79)73-50(39-46-22-25-53(90-10)48(69)38-46)64(85)72-44(6)68(7,8)67(88)75-51)43(5)61-62(95-61)47-23-20-45(21-24-47)40-71-63(84)49(15-11-12-29-70-54(78)28-30-91-33-34-93-36-35-92-32-31-89-9)74-65(86)60(42(3)4)76-56(80)18-14-19-59(83)96-77-57(81)26-27-58(77)82/h13,17,20-25,38,41-44,49-52,60-62H,11-12,14-16,18-19,26-37,39-40H2,1-10H3,(H,70,78)(H,71,84)(H,72,85)(H,73,79)(H,74,86)(H,75,88)(H,76,80)/b17-13+/t43-,44-,49-,50+,51-,52-,60-,61+,62+/m0/s1. The summed E-state index contributed by atoms with van der Waals surface area (Å²) < 4.78 is 39.1. The van der Waals surface area contributed by atoms with Crippen molar-refractivity contribution in [2.45, 2.75) is 188 Å². The lowest BCUT2D eigenvalue weighted by atomic mass is 9.83. The van der Waals surface area contributed by atoms with E-state index in [0.717, 1.165) is 5.56 Å². The van der Waals surface area contributed by atoms with E-state index in [0.29, 0.717) is 79.4 Å². The lowest BCUT2D eigenvalue weighted by Crippen LogP contribution is -2.58. The van der Waals surface area contributed by atoms with E-state index in [4.69, 9.17) is 49.6 Å². The van der Waals surface area contributed by atoms with Gasteiger partial charge < -0.3 is 75.2 Å². The number of cyclic esters (lactones) is 1. The zero-order chi connectivity index (χ0) is 70.5. The zero-order valence-electron chi connectivity index (χ0n) is 57.0. The van der Waals surface area contributed by atoms with Crippen molar-refractivity contribution in [2.75, 3.05) is 67.0 Å². The van der Waals surface area contributed by atoms with Gasteiger partial charge in [-0.1, -0.05) is 82.6 Å². The topological polar surface area (TPSA) is 352 Å². The summed E-state index contributed by atoms with van der Waals surface area (Å²) in [6.07, 6.45) is 2.07. The normalized spacial score (nSPS) is 21.2. The summed E-state index contributed by atoms with van der Waals surface area (Å²) >= 11 is 6.43. The van der Waals surface area contributed by atoms with Crippen LogP contribution in [-0.2, 0) is 99.0 Å². The van der Waals surface area contributed by atoms with Crippen LogP contribution < -0.4 is 42.0 Å². The van der Waals surface area contributed by atoms with Crippen molar-refractivity contribution in [3.8, 4) is 5.75 Å². The van der Waals surface area contributed by atoms with E-state index < -0.39 is 125 Å². The molecule has 0 spiro atoms. The third-order valence-corrected chi connectivity index (χ3v) is 17.0. The number of halogens is 1. The summed E-state index contributed by atoms with van der Waals surface area (Å²) in [6, 6.07) is 7.34. The Morgan fingerprint density at radius 3 is 2.02 bits per heavy atom. The molecule has 96 heavy (non-hydrogen) atoms. The summed E-state index contributed by atoms with van der Waals surface area (Å²) in [7, 11) is 3.08. The molecule has 7 N–H and O–H groups in total. The first kappa shape index (κ1) is 79.1. The van der Waals surface area contributed by atoms with Crippen molar-refractivity contribution >= 4 is 76.7 Å². The number of esters is 1. The fourth-order valence-electron chi connectivity index (χ4n) is 10.4. The maximum absolute atomic E-state index is 14.2. The number of hydroxylamine groups is 2. The van der Waals surface area contributed by atoms with Crippen molar-refractivity contribution in [3.63, 3.8) is 0 Å². The van der Waals surface area contributed by atoms with Gasteiger partial charge in [0.1, 0.15) is 42.1 Å². The highest BCUT2D eigenvalue weighted by Gasteiger charge is 2.48. The Kier molecular flexibility index (Phi) is 33.2. The lowest BCUT2D eigenvalue weighted by molar-refractivity contribution is -0.197. The van der Waals surface area contributed by atoms with Crippen LogP contribution in [0, 0.1) is 23.2 Å². The number of epoxide rings is 1. The molecule has 9 amide bonds. The van der Waals surface area contributed by atoms with E-state index >= 15 is 0 Å². The third kappa shape index (κ3) is 26.5. The molecule has 0 aromatic heterocycles. The molecule has 28 heteroatoms. The molecule has 0 saturated carbocycles. The molecule has 0 radical (unpaired) electrons. The van der Waals surface area contributed by atoms with Crippen LogP contribution in [0.5, 0.6) is 5.75 Å². The average Bonchev–Trinajstić information content (AvgIpc) is 1.56. The van der Waals surface area contributed by atoms with Crippen molar-refractivity contribution in [2.24, 2.45) is 23.2 Å². The number of hydrogen-bond donors (Lipinski definition) is 7. The first-order chi connectivity index (χ1) is 45.7. The number of carbonyl (C=O) groups is 11. The van der Waals surface area contributed by atoms with Gasteiger partial charge in [-0.2, -0.15) is 0 Å². The van der Waals surface area contributed by atoms with Gasteiger partial charge in [-0.25, -0.2) is 9.59 Å². The van der Waals surface area contributed by atoms with E-state index in [2.05, 4.69) is 37.2 Å². The van der Waals surface area contributed by atoms with Gasteiger partial charge in [0, 0.05) is 77.1 Å². The van der Waals surface area contributed by atoms with Crippen LogP contribution >= 0.6 is 11.6 Å². The quantitative estimate of drug-likeness (QED) is 0.0212. The molecule has 0 bridgehead atoms. The van der Waals surface area contributed by atoms with E-state index in [-0.39, 0.29) is 95.7 Å². The Hall–Kier alpha value is -7.56. The predicted octanol–water partition coefficient (Wildman–Crippen LogP) is 4.48. The second-order valence-electron chi connectivity index (χ2n) is 25.5. The molecule has 0 aliphatic carbocycles. The van der Waals surface area contributed by atoms with Gasteiger partial charge in [0.2, 0.25) is 41.4 Å². The Balaban J connectivity index is 1.23. The minimum atomic E-state index is -1.24. The zero-order valence-corrected chi connectivity index (χ0v) is 57.7. The molecule has 2 saturated heterocycles. The largest absolute Gasteiger partial charge is 0.495 e. The molecular weight excluding hydrogens is 1270 g/mol. The summed E-state index contributed by atoms with van der Waals surface area (Å²) in [5.74, 6) is -6.81. The number of methoxy groups -OCH3 is 2. The highest BCUT2D eigenvalue weighted by atomic mass is 35.5. The van der Waals surface area contributed by atoms with E-state index in [9.17, 15) is 52.7 Å². The minimum absolute atomic E-state index is 0.00703. The summed E-state index contributed by atoms with van der Waals surface area (Å²) in [4.78, 5) is 151. The monoisotopic (exact) mass is 1370 g/mol. The molecule has 0 unspecified atom stereocenters. The highest BCUT2D eigenvalue weighted by Crippen LogP contribution is 2.45. The number of ether oxygens (including phenoxy) is 7. The predicted molar refractivity (Wildman–Crippen MR) is 351 cm³/mol. The van der Waals surface area contributed by atoms with E-state index in [1.54, 1.807) is 66.0 Å². The second kappa shape index (κ2) is 40.2. The molecule has 2 fully saturated rings. The third-order valence-electron chi connectivity index (χ3n) is 16.7. The number of unbranched alkanes of at least 4 members (excludes halogenated alkanes) is 1. The first-order valence-electron chi connectivity index (χ1n) is 33.0. The van der Waals surface area contributed by atoms with Gasteiger partial charge in [0.05, 0.1) is 69.9 Å². The van der Waals surface area contributed by atoms with Crippen LogP contribution in [0.15, 0.2) is 54.6 Å². The van der Waals surface area contributed by atoms with Gasteiger partial charge in [0.25, 0.3) is 11.8 Å². The molecule has 27 nitrogen and oxygen atoms in total. The van der Waals surface area contributed by atoms with Crippen molar-refractivity contribution in [1.82, 2.24) is 42.3 Å². The summed E-state index contributed by atoms with van der Waals surface area (Å²) in [5.41, 5.74) is 0.905. The number of carbonyl (C=O) groups excluding carboxylic acids is 11. The Bertz CT molecular complexity index is 2970. The minimum Gasteiger partial charge on any atom is -0.495 e. The van der Waals surface area contributed by atoms with Crippen LogP contribution in [0.25, 0.3) is 0 Å². The van der Waals surface area contributed by atoms with Crippen molar-refractivity contribution in [3.05, 3.63) is 76.3 Å². The summed E-state index contributed by atoms with van der Waals surface area (Å²) in [5, 5.41) is 20.7. The molecular formula is C68H99ClN8O19. The number of imide groups is 1. The smallest absolute Gasteiger partial charge is 0.333 e. The van der Waals surface area contributed by atoms with Crippen LogP contribution in [0.2, 0.25) is 5.02 Å². The van der Waals surface area contributed by atoms with Gasteiger partial charge in [-0.15, -0.1) is 5.06 Å². The molecule has 532 valence electrons.